The van der Waals surface area contributed by atoms with Crippen molar-refractivity contribution in [2.75, 3.05) is 5.75 Å². The number of halogens is 1. The molecule has 0 saturated heterocycles. The van der Waals surface area contributed by atoms with Crippen LogP contribution in [0.5, 0.6) is 0 Å². The Morgan fingerprint density at radius 3 is 2.70 bits per heavy atom. The summed E-state index contributed by atoms with van der Waals surface area (Å²) in [5, 5.41) is 9.50. The predicted molar refractivity (Wildman–Crippen MR) is 92.5 cm³/mol. The van der Waals surface area contributed by atoms with Gasteiger partial charge in [0.1, 0.15) is 0 Å². The van der Waals surface area contributed by atoms with Gasteiger partial charge in [0.25, 0.3) is 5.91 Å². The minimum Gasteiger partial charge on any atom is -0.481 e. The highest BCUT2D eigenvalue weighted by Gasteiger charge is 2.32. The van der Waals surface area contributed by atoms with Crippen LogP contribution >= 0.6 is 23.4 Å². The Labute approximate surface area is 142 Å². The first-order valence-electron chi connectivity index (χ1n) is 6.89. The molecule has 3 rings (SSSR count). The van der Waals surface area contributed by atoms with Crippen molar-refractivity contribution in [3.05, 3.63) is 64.1 Å². The van der Waals surface area contributed by atoms with Gasteiger partial charge in [-0.15, -0.1) is 11.8 Å². The number of hydrogen-bond donors (Lipinski definition) is 1. The molecule has 0 radical (unpaired) electrons. The molecule has 1 N–H and O–H groups in total. The lowest BCUT2D eigenvalue weighted by molar-refractivity contribution is -0.133. The molecule has 0 bridgehead atoms. The van der Waals surface area contributed by atoms with E-state index in [-0.39, 0.29) is 11.7 Å². The van der Waals surface area contributed by atoms with E-state index in [2.05, 4.69) is 4.99 Å². The van der Waals surface area contributed by atoms with Gasteiger partial charge in [-0.3, -0.25) is 9.59 Å². The third kappa shape index (κ3) is 3.30. The molecule has 4 nitrogen and oxygen atoms in total. The summed E-state index contributed by atoms with van der Waals surface area (Å²) in [5.41, 5.74) is 2.24. The Balaban J connectivity index is 2.13. The van der Waals surface area contributed by atoms with Gasteiger partial charge in [-0.2, -0.15) is 0 Å². The summed E-state index contributed by atoms with van der Waals surface area (Å²) < 4.78 is 0. The molecule has 6 heteroatoms. The third-order valence-electron chi connectivity index (χ3n) is 3.46. The molecule has 0 saturated carbocycles. The lowest BCUT2D eigenvalue weighted by Crippen LogP contribution is -2.24. The minimum absolute atomic E-state index is 0.192. The largest absolute Gasteiger partial charge is 0.481 e. The van der Waals surface area contributed by atoms with Crippen LogP contribution in [0, 0.1) is 5.92 Å². The van der Waals surface area contributed by atoms with Gasteiger partial charge in [-0.25, -0.2) is 4.99 Å². The standard InChI is InChI=1S/C17H12ClNO3S/c18-11-6-7-13-12(8-11)15(10-4-2-1-3-5-10)16(17(22)19-13)23-9-14(20)21/h1-8,12H,9H2,(H,20,21). The molecule has 0 aromatic heterocycles. The lowest BCUT2D eigenvalue weighted by atomic mass is 9.84. The summed E-state index contributed by atoms with van der Waals surface area (Å²) in [5.74, 6) is -1.82. The molecule has 1 unspecified atom stereocenters. The van der Waals surface area contributed by atoms with Crippen molar-refractivity contribution >= 4 is 46.5 Å². The highest BCUT2D eigenvalue weighted by atomic mass is 35.5. The van der Waals surface area contributed by atoms with Crippen molar-refractivity contribution in [1.82, 2.24) is 0 Å². The second kappa shape index (κ2) is 6.56. The number of benzene rings is 1. The van der Waals surface area contributed by atoms with E-state index in [1.54, 1.807) is 12.2 Å². The molecule has 1 aromatic carbocycles. The number of amides is 1. The van der Waals surface area contributed by atoms with Crippen LogP contribution in [-0.2, 0) is 9.59 Å². The van der Waals surface area contributed by atoms with Crippen molar-refractivity contribution in [1.29, 1.82) is 0 Å². The molecule has 2 aliphatic rings. The number of aliphatic imine (C=N–C) groups is 1. The van der Waals surface area contributed by atoms with E-state index in [4.69, 9.17) is 16.7 Å². The summed E-state index contributed by atoms with van der Waals surface area (Å²) in [7, 11) is 0. The van der Waals surface area contributed by atoms with E-state index in [9.17, 15) is 9.59 Å². The number of nitrogens with zero attached hydrogens (tertiary/aromatic N) is 1. The summed E-state index contributed by atoms with van der Waals surface area (Å²) in [4.78, 5) is 27.7. The van der Waals surface area contributed by atoms with Gasteiger partial charge in [0.2, 0.25) is 0 Å². The Morgan fingerprint density at radius 1 is 1.26 bits per heavy atom. The zero-order chi connectivity index (χ0) is 16.4. The number of fused-ring (bicyclic) bond motifs is 1. The number of carbonyl (C=O) groups is 2. The number of allylic oxidation sites excluding steroid dienone is 5. The Morgan fingerprint density at radius 2 is 2.00 bits per heavy atom. The number of carboxylic acids is 1. The van der Waals surface area contributed by atoms with Gasteiger partial charge in [-0.1, -0.05) is 48.0 Å². The molecule has 1 heterocycles. The van der Waals surface area contributed by atoms with Crippen molar-refractivity contribution < 1.29 is 14.7 Å². The highest BCUT2D eigenvalue weighted by Crippen LogP contribution is 2.40. The van der Waals surface area contributed by atoms with Gasteiger partial charge < -0.3 is 5.11 Å². The normalized spacial score (nSPS) is 20.0. The zero-order valence-electron chi connectivity index (χ0n) is 11.9. The fourth-order valence-electron chi connectivity index (χ4n) is 2.53. The Kier molecular flexibility index (Phi) is 4.50. The first-order valence-corrected chi connectivity index (χ1v) is 8.25. The topological polar surface area (TPSA) is 66.7 Å². The second-order valence-electron chi connectivity index (χ2n) is 5.00. The van der Waals surface area contributed by atoms with Crippen LogP contribution in [0.3, 0.4) is 0 Å². The second-order valence-corrected chi connectivity index (χ2v) is 6.42. The van der Waals surface area contributed by atoms with Crippen LogP contribution in [0.15, 0.2) is 63.5 Å². The maximum Gasteiger partial charge on any atom is 0.313 e. The molecule has 116 valence electrons. The fraction of sp³-hybridized carbons (Fsp3) is 0.118. The maximum absolute atomic E-state index is 12.4. The van der Waals surface area contributed by atoms with E-state index in [1.807, 2.05) is 36.4 Å². The lowest BCUT2D eigenvalue weighted by Gasteiger charge is -2.26. The smallest absolute Gasteiger partial charge is 0.313 e. The Hall–Kier alpha value is -2.11. The number of rotatable bonds is 4. The summed E-state index contributed by atoms with van der Waals surface area (Å²) >= 11 is 7.11. The van der Waals surface area contributed by atoms with Crippen LogP contribution in [0.2, 0.25) is 0 Å². The minimum atomic E-state index is -0.977. The quantitative estimate of drug-likeness (QED) is 0.906. The number of dihydropyridines is 1. The number of carbonyl (C=O) groups excluding carboxylic acids is 1. The van der Waals surface area contributed by atoms with Gasteiger partial charge in [-0.05, 0) is 23.3 Å². The van der Waals surface area contributed by atoms with E-state index in [1.165, 1.54) is 0 Å². The first kappa shape index (κ1) is 15.8. The fourth-order valence-corrected chi connectivity index (χ4v) is 3.56. The number of thioether (sulfide) groups is 1. The van der Waals surface area contributed by atoms with Crippen LogP contribution in [-0.4, -0.2) is 28.4 Å². The monoisotopic (exact) mass is 345 g/mol. The molecule has 1 aliphatic heterocycles. The van der Waals surface area contributed by atoms with Crippen LogP contribution < -0.4 is 0 Å². The van der Waals surface area contributed by atoms with Crippen molar-refractivity contribution in [2.45, 2.75) is 0 Å². The molecular weight excluding hydrogens is 334 g/mol. The molecule has 0 fully saturated rings. The van der Waals surface area contributed by atoms with E-state index >= 15 is 0 Å². The molecule has 23 heavy (non-hydrogen) atoms. The van der Waals surface area contributed by atoms with Crippen molar-refractivity contribution in [3.8, 4) is 0 Å². The summed E-state index contributed by atoms with van der Waals surface area (Å²) in [6, 6.07) is 9.43. The molecule has 1 amide bonds. The first-order chi connectivity index (χ1) is 11.1. The Bertz CT molecular complexity index is 793. The van der Waals surface area contributed by atoms with Crippen molar-refractivity contribution in [2.24, 2.45) is 10.9 Å². The third-order valence-corrected chi connectivity index (χ3v) is 4.79. The van der Waals surface area contributed by atoms with Crippen LogP contribution in [0.1, 0.15) is 5.56 Å². The molecule has 1 aromatic rings. The van der Waals surface area contributed by atoms with Gasteiger partial charge in [0, 0.05) is 11.0 Å². The molecule has 0 spiro atoms. The van der Waals surface area contributed by atoms with Gasteiger partial charge in [0.05, 0.1) is 16.4 Å². The van der Waals surface area contributed by atoms with Gasteiger partial charge in [0.15, 0.2) is 0 Å². The molecular formula is C17H12ClNO3S. The van der Waals surface area contributed by atoms with Crippen molar-refractivity contribution in [3.63, 3.8) is 0 Å². The molecule has 1 aliphatic carbocycles. The molecule has 1 atom stereocenters. The average molecular weight is 346 g/mol. The predicted octanol–water partition coefficient (Wildman–Crippen LogP) is 3.51. The highest BCUT2D eigenvalue weighted by molar-refractivity contribution is 8.04. The van der Waals surface area contributed by atoms with Crippen LogP contribution in [0.4, 0.5) is 0 Å². The summed E-state index contributed by atoms with van der Waals surface area (Å²) in [6.07, 6.45) is 5.26. The summed E-state index contributed by atoms with van der Waals surface area (Å²) in [6.45, 7) is 0. The average Bonchev–Trinajstić information content (AvgIpc) is 2.53. The zero-order valence-corrected chi connectivity index (χ0v) is 13.5. The SMILES string of the molecule is O=C(O)CSC1=C(c2ccccc2)C2C=C(Cl)C=CC2=NC1=O. The van der Waals surface area contributed by atoms with E-state index in [0.29, 0.717) is 15.6 Å². The van der Waals surface area contributed by atoms with E-state index < -0.39 is 11.9 Å². The van der Waals surface area contributed by atoms with Gasteiger partial charge >= 0.3 is 5.97 Å². The number of carboxylic acid groups (broad SMARTS) is 1. The maximum atomic E-state index is 12.4. The van der Waals surface area contributed by atoms with E-state index in [0.717, 1.165) is 22.9 Å². The van der Waals surface area contributed by atoms with Crippen LogP contribution in [0.25, 0.3) is 5.57 Å². The number of aliphatic carboxylic acids is 1. The number of hydrogen-bond acceptors (Lipinski definition) is 3.